The molecule has 2 atom stereocenters. The van der Waals surface area contributed by atoms with Crippen LogP contribution in [0.25, 0.3) is 0 Å². The maximum atomic E-state index is 9.99. The number of rotatable bonds is 4. The molecule has 3 nitrogen and oxygen atoms in total. The van der Waals surface area contributed by atoms with E-state index in [0.29, 0.717) is 17.9 Å². The van der Waals surface area contributed by atoms with Gasteiger partial charge < -0.3 is 15.9 Å². The van der Waals surface area contributed by atoms with Crippen molar-refractivity contribution in [2.24, 2.45) is 0 Å². The molecule has 0 aromatic heterocycles. The van der Waals surface area contributed by atoms with Gasteiger partial charge in [-0.2, -0.15) is 12.6 Å². The van der Waals surface area contributed by atoms with Crippen molar-refractivity contribution in [2.45, 2.75) is 32.5 Å². The number of nitrogens with two attached hydrogens (primary N) is 1. The summed E-state index contributed by atoms with van der Waals surface area (Å²) in [5.41, 5.74) is 9.10. The fraction of sp³-hybridized carbons (Fsp3) is 0.500. The molecule has 1 aromatic rings. The van der Waals surface area contributed by atoms with E-state index in [9.17, 15) is 10.2 Å². The highest BCUT2D eigenvalue weighted by Gasteiger charge is 2.20. The van der Waals surface area contributed by atoms with Gasteiger partial charge in [0.1, 0.15) is 6.10 Å². The maximum Gasteiger partial charge on any atom is 0.105 e. The zero-order chi connectivity index (χ0) is 12.3. The van der Waals surface area contributed by atoms with Crippen molar-refractivity contribution in [3.8, 4) is 0 Å². The smallest absolute Gasteiger partial charge is 0.105 e. The largest absolute Gasteiger partial charge is 0.399 e. The molecule has 0 aliphatic rings. The monoisotopic (exact) mass is 241 g/mol. The second kappa shape index (κ2) is 5.57. The Hall–Kier alpha value is -0.710. The van der Waals surface area contributed by atoms with E-state index in [0.717, 1.165) is 16.7 Å². The lowest BCUT2D eigenvalue weighted by atomic mass is 9.94. The highest BCUT2D eigenvalue weighted by atomic mass is 32.1. The molecule has 0 bridgehead atoms. The number of thiol groups is 1. The summed E-state index contributed by atoms with van der Waals surface area (Å²) in [4.78, 5) is 0. The van der Waals surface area contributed by atoms with Crippen LogP contribution in [0.3, 0.4) is 0 Å². The van der Waals surface area contributed by atoms with Crippen LogP contribution in [0.15, 0.2) is 12.1 Å². The highest BCUT2D eigenvalue weighted by Crippen LogP contribution is 2.27. The van der Waals surface area contributed by atoms with Crippen LogP contribution in [0.4, 0.5) is 5.69 Å². The third kappa shape index (κ3) is 2.70. The minimum Gasteiger partial charge on any atom is -0.399 e. The first-order valence-corrected chi connectivity index (χ1v) is 5.94. The quantitative estimate of drug-likeness (QED) is 0.478. The SMILES string of the molecule is Cc1c(N)ccc(C(O)C(O)CCS)c1C. The number of hydrogen-bond acceptors (Lipinski definition) is 4. The maximum absolute atomic E-state index is 9.99. The standard InChI is InChI=1S/C12H19NO2S/c1-7-8(2)10(13)4-3-9(7)12(15)11(14)5-6-16/h3-4,11-12,14-16H,5-6,13H2,1-2H3. The normalized spacial score (nSPS) is 14.8. The highest BCUT2D eigenvalue weighted by molar-refractivity contribution is 7.80. The van der Waals surface area contributed by atoms with Crippen LogP contribution in [0, 0.1) is 13.8 Å². The first-order chi connectivity index (χ1) is 7.49. The van der Waals surface area contributed by atoms with Gasteiger partial charge in [-0.3, -0.25) is 0 Å². The van der Waals surface area contributed by atoms with E-state index in [1.807, 2.05) is 13.8 Å². The Morgan fingerprint density at radius 3 is 2.44 bits per heavy atom. The summed E-state index contributed by atoms with van der Waals surface area (Å²) in [5.74, 6) is 0.547. The Morgan fingerprint density at radius 2 is 1.88 bits per heavy atom. The molecule has 0 saturated heterocycles. The van der Waals surface area contributed by atoms with Gasteiger partial charge in [0.25, 0.3) is 0 Å². The first-order valence-electron chi connectivity index (χ1n) is 5.31. The van der Waals surface area contributed by atoms with Gasteiger partial charge in [-0.25, -0.2) is 0 Å². The van der Waals surface area contributed by atoms with E-state index in [-0.39, 0.29) is 0 Å². The van der Waals surface area contributed by atoms with E-state index < -0.39 is 12.2 Å². The number of hydrogen-bond donors (Lipinski definition) is 4. The Labute approximate surface area is 102 Å². The molecule has 0 saturated carbocycles. The summed E-state index contributed by atoms with van der Waals surface area (Å²) >= 11 is 4.04. The number of aliphatic hydroxyl groups is 2. The molecule has 16 heavy (non-hydrogen) atoms. The van der Waals surface area contributed by atoms with Crippen LogP contribution in [0.1, 0.15) is 29.2 Å². The van der Waals surface area contributed by atoms with Gasteiger partial charge >= 0.3 is 0 Å². The minimum absolute atomic E-state index is 0.465. The predicted molar refractivity (Wildman–Crippen MR) is 69.8 cm³/mol. The van der Waals surface area contributed by atoms with Gasteiger partial charge in [0.15, 0.2) is 0 Å². The van der Waals surface area contributed by atoms with E-state index in [1.165, 1.54) is 0 Å². The lowest BCUT2D eigenvalue weighted by molar-refractivity contribution is 0.0168. The summed E-state index contributed by atoms with van der Waals surface area (Å²) < 4.78 is 0. The third-order valence-corrected chi connectivity index (χ3v) is 3.24. The molecule has 4 heteroatoms. The van der Waals surface area contributed by atoms with Gasteiger partial charge in [0.05, 0.1) is 6.10 Å². The molecule has 0 amide bonds. The van der Waals surface area contributed by atoms with Crippen molar-refractivity contribution in [3.05, 3.63) is 28.8 Å². The van der Waals surface area contributed by atoms with Crippen LogP contribution < -0.4 is 5.73 Å². The van der Waals surface area contributed by atoms with E-state index in [4.69, 9.17) is 5.73 Å². The average Bonchev–Trinajstić information content (AvgIpc) is 2.26. The van der Waals surface area contributed by atoms with Crippen molar-refractivity contribution >= 4 is 18.3 Å². The molecule has 0 heterocycles. The molecule has 0 aliphatic heterocycles. The minimum atomic E-state index is -0.869. The molecule has 4 N–H and O–H groups in total. The molecule has 1 aromatic carbocycles. The summed E-state index contributed by atoms with van der Waals surface area (Å²) in [6, 6.07) is 3.53. The summed E-state index contributed by atoms with van der Waals surface area (Å²) in [6.07, 6.45) is -1.18. The van der Waals surface area contributed by atoms with Crippen molar-refractivity contribution in [2.75, 3.05) is 11.5 Å². The first kappa shape index (κ1) is 13.4. The molecule has 0 radical (unpaired) electrons. The van der Waals surface area contributed by atoms with Crippen LogP contribution in [-0.4, -0.2) is 22.1 Å². The third-order valence-electron chi connectivity index (χ3n) is 2.98. The molecule has 0 fully saturated rings. The number of aliphatic hydroxyl groups excluding tert-OH is 2. The van der Waals surface area contributed by atoms with Crippen molar-refractivity contribution in [1.29, 1.82) is 0 Å². The average molecular weight is 241 g/mol. The van der Waals surface area contributed by atoms with Crippen molar-refractivity contribution in [3.63, 3.8) is 0 Å². The summed E-state index contributed by atoms with van der Waals surface area (Å²) in [6.45, 7) is 3.81. The Kier molecular flexibility index (Phi) is 4.65. The Balaban J connectivity index is 3.00. The number of nitrogen functional groups attached to an aromatic ring is 1. The van der Waals surface area contributed by atoms with Crippen LogP contribution >= 0.6 is 12.6 Å². The van der Waals surface area contributed by atoms with Gasteiger partial charge in [-0.05, 0) is 48.8 Å². The van der Waals surface area contributed by atoms with Crippen LogP contribution in [0.2, 0.25) is 0 Å². The molecular formula is C12H19NO2S. The molecule has 1 rings (SSSR count). The van der Waals surface area contributed by atoms with Crippen molar-refractivity contribution in [1.82, 2.24) is 0 Å². The second-order valence-corrected chi connectivity index (χ2v) is 4.47. The van der Waals surface area contributed by atoms with Gasteiger partial charge in [-0.1, -0.05) is 6.07 Å². The van der Waals surface area contributed by atoms with E-state index in [1.54, 1.807) is 12.1 Å². The topological polar surface area (TPSA) is 66.5 Å². The van der Waals surface area contributed by atoms with Crippen LogP contribution in [0.5, 0.6) is 0 Å². The summed E-state index contributed by atoms with van der Waals surface area (Å²) in [7, 11) is 0. The molecular weight excluding hydrogens is 222 g/mol. The van der Waals surface area contributed by atoms with E-state index in [2.05, 4.69) is 12.6 Å². The lowest BCUT2D eigenvalue weighted by Crippen LogP contribution is -2.20. The summed E-state index contributed by atoms with van der Waals surface area (Å²) in [5, 5.41) is 19.7. The van der Waals surface area contributed by atoms with Crippen LogP contribution in [-0.2, 0) is 0 Å². The fourth-order valence-electron chi connectivity index (χ4n) is 1.68. The van der Waals surface area contributed by atoms with Gasteiger partial charge in [0.2, 0.25) is 0 Å². The van der Waals surface area contributed by atoms with Gasteiger partial charge in [-0.15, -0.1) is 0 Å². The molecule has 0 aliphatic carbocycles. The molecule has 90 valence electrons. The Bertz CT molecular complexity index is 368. The van der Waals surface area contributed by atoms with Crippen molar-refractivity contribution < 1.29 is 10.2 Å². The number of benzene rings is 1. The van der Waals surface area contributed by atoms with Gasteiger partial charge in [0, 0.05) is 5.69 Å². The lowest BCUT2D eigenvalue weighted by Gasteiger charge is -2.20. The molecule has 2 unspecified atom stereocenters. The zero-order valence-corrected chi connectivity index (χ0v) is 10.5. The van der Waals surface area contributed by atoms with E-state index >= 15 is 0 Å². The Morgan fingerprint density at radius 1 is 1.25 bits per heavy atom. The second-order valence-electron chi connectivity index (χ2n) is 4.02. The number of anilines is 1. The fourth-order valence-corrected chi connectivity index (χ4v) is 1.94. The molecule has 0 spiro atoms. The zero-order valence-electron chi connectivity index (χ0n) is 9.64. The predicted octanol–water partition coefficient (Wildman–Crippen LogP) is 1.60.